The summed E-state index contributed by atoms with van der Waals surface area (Å²) in [5.74, 6) is -0.662. The molecular weight excluding hydrogens is 281 g/mol. The van der Waals surface area contributed by atoms with E-state index >= 15 is 0 Å². The van der Waals surface area contributed by atoms with Crippen molar-refractivity contribution in [2.75, 3.05) is 5.32 Å². The van der Waals surface area contributed by atoms with Gasteiger partial charge in [-0.05, 0) is 49.6 Å². The van der Waals surface area contributed by atoms with E-state index in [0.717, 1.165) is 16.8 Å². The molecule has 2 aromatic carbocycles. The Labute approximate surface area is 130 Å². The van der Waals surface area contributed by atoms with Gasteiger partial charge in [0.15, 0.2) is 17.7 Å². The molecule has 0 aliphatic rings. The van der Waals surface area contributed by atoms with Gasteiger partial charge in [0, 0.05) is 5.69 Å². The second kappa shape index (κ2) is 7.07. The molecule has 0 aliphatic carbocycles. The number of hydrogen-bond donors (Lipinski definition) is 1. The van der Waals surface area contributed by atoms with Crippen molar-refractivity contribution in [3.05, 3.63) is 59.4 Å². The fraction of sp³-hybridized carbons (Fsp3) is 0.278. The lowest BCUT2D eigenvalue weighted by molar-refractivity contribution is -0.122. The topological polar surface area (TPSA) is 38.3 Å². The maximum Gasteiger partial charge on any atom is 0.265 e. The monoisotopic (exact) mass is 301 g/mol. The fourth-order valence-electron chi connectivity index (χ4n) is 2.12. The molecule has 0 aliphatic heterocycles. The maximum atomic E-state index is 13.6. The molecule has 4 heteroatoms. The van der Waals surface area contributed by atoms with E-state index in [1.165, 1.54) is 12.1 Å². The van der Waals surface area contributed by atoms with Crippen LogP contribution in [0.5, 0.6) is 5.75 Å². The number of nitrogens with one attached hydrogen (secondary N) is 1. The number of carbonyl (C=O) groups excluding carboxylic acids is 1. The van der Waals surface area contributed by atoms with Gasteiger partial charge in [-0.3, -0.25) is 4.79 Å². The number of halogens is 1. The van der Waals surface area contributed by atoms with Gasteiger partial charge in [-0.25, -0.2) is 4.39 Å². The standard InChI is InChI=1S/C18H20FNO2/c1-4-16(22-17-11-6-5-9-14(17)19)18(21)20-15-10-7-8-12(2)13(15)3/h5-11,16H,4H2,1-3H3,(H,20,21)/t16-/m1/s1. The number of benzene rings is 2. The summed E-state index contributed by atoms with van der Waals surface area (Å²) in [5.41, 5.74) is 2.86. The van der Waals surface area contributed by atoms with Crippen LogP contribution in [0.3, 0.4) is 0 Å². The third-order valence-corrected chi connectivity index (χ3v) is 3.63. The molecule has 0 saturated heterocycles. The first-order valence-electron chi connectivity index (χ1n) is 7.31. The molecule has 0 unspecified atom stereocenters. The van der Waals surface area contributed by atoms with Crippen LogP contribution < -0.4 is 10.1 Å². The molecule has 116 valence electrons. The third-order valence-electron chi connectivity index (χ3n) is 3.63. The molecule has 1 N–H and O–H groups in total. The van der Waals surface area contributed by atoms with Crippen LogP contribution in [0.4, 0.5) is 10.1 Å². The number of rotatable bonds is 5. The Hall–Kier alpha value is -2.36. The van der Waals surface area contributed by atoms with E-state index in [1.807, 2.05) is 39.0 Å². The van der Waals surface area contributed by atoms with E-state index in [-0.39, 0.29) is 11.7 Å². The molecule has 0 spiro atoms. The van der Waals surface area contributed by atoms with Crippen LogP contribution in [0.25, 0.3) is 0 Å². The predicted octanol–water partition coefficient (Wildman–Crippen LogP) is 4.24. The zero-order valence-electron chi connectivity index (χ0n) is 13.0. The Morgan fingerprint density at radius 2 is 1.91 bits per heavy atom. The minimum atomic E-state index is -0.739. The van der Waals surface area contributed by atoms with Gasteiger partial charge < -0.3 is 10.1 Å². The molecule has 1 atom stereocenters. The molecular formula is C18H20FNO2. The Kier molecular flexibility index (Phi) is 5.15. The summed E-state index contributed by atoms with van der Waals surface area (Å²) in [5, 5.41) is 2.86. The van der Waals surface area contributed by atoms with Gasteiger partial charge in [0.1, 0.15) is 0 Å². The second-order valence-corrected chi connectivity index (χ2v) is 5.18. The van der Waals surface area contributed by atoms with Crippen LogP contribution in [0.1, 0.15) is 24.5 Å². The summed E-state index contributed by atoms with van der Waals surface area (Å²) >= 11 is 0. The highest BCUT2D eigenvalue weighted by molar-refractivity contribution is 5.95. The lowest BCUT2D eigenvalue weighted by Crippen LogP contribution is -2.32. The highest BCUT2D eigenvalue weighted by Crippen LogP contribution is 2.21. The molecule has 22 heavy (non-hydrogen) atoms. The Morgan fingerprint density at radius 3 is 2.59 bits per heavy atom. The van der Waals surface area contributed by atoms with Crippen LogP contribution in [0.2, 0.25) is 0 Å². The predicted molar refractivity (Wildman–Crippen MR) is 85.7 cm³/mol. The number of para-hydroxylation sites is 1. The molecule has 0 aromatic heterocycles. The highest BCUT2D eigenvalue weighted by Gasteiger charge is 2.20. The quantitative estimate of drug-likeness (QED) is 0.897. The van der Waals surface area contributed by atoms with Gasteiger partial charge in [0.05, 0.1) is 0 Å². The number of hydrogen-bond acceptors (Lipinski definition) is 2. The Balaban J connectivity index is 2.12. The average molecular weight is 301 g/mol. The second-order valence-electron chi connectivity index (χ2n) is 5.18. The number of amides is 1. The minimum absolute atomic E-state index is 0.0884. The van der Waals surface area contributed by atoms with E-state index in [0.29, 0.717) is 6.42 Å². The summed E-state index contributed by atoms with van der Waals surface area (Å²) in [6, 6.07) is 11.8. The zero-order valence-corrected chi connectivity index (χ0v) is 13.0. The number of aryl methyl sites for hydroxylation is 1. The van der Waals surface area contributed by atoms with Gasteiger partial charge >= 0.3 is 0 Å². The highest BCUT2D eigenvalue weighted by atomic mass is 19.1. The average Bonchev–Trinajstić information content (AvgIpc) is 2.51. The Bertz CT molecular complexity index is 670. The molecule has 3 nitrogen and oxygen atoms in total. The SMILES string of the molecule is CC[C@@H](Oc1ccccc1F)C(=O)Nc1cccc(C)c1C. The molecule has 0 heterocycles. The maximum absolute atomic E-state index is 13.6. The summed E-state index contributed by atoms with van der Waals surface area (Å²) in [7, 11) is 0. The first kappa shape index (κ1) is 16.0. The summed E-state index contributed by atoms with van der Waals surface area (Å²) in [4.78, 5) is 12.4. The van der Waals surface area contributed by atoms with E-state index in [1.54, 1.807) is 12.1 Å². The normalized spacial score (nSPS) is 11.8. The Morgan fingerprint density at radius 1 is 1.18 bits per heavy atom. The summed E-state index contributed by atoms with van der Waals surface area (Å²) < 4.78 is 19.1. The summed E-state index contributed by atoms with van der Waals surface area (Å²) in [6.07, 6.45) is -0.290. The number of ether oxygens (including phenoxy) is 1. The molecule has 2 rings (SSSR count). The lowest BCUT2D eigenvalue weighted by atomic mass is 10.1. The van der Waals surface area contributed by atoms with Crippen LogP contribution in [0.15, 0.2) is 42.5 Å². The first-order chi connectivity index (χ1) is 10.5. The van der Waals surface area contributed by atoms with Crippen molar-refractivity contribution in [2.45, 2.75) is 33.3 Å². The van der Waals surface area contributed by atoms with E-state index < -0.39 is 11.9 Å². The molecule has 0 bridgehead atoms. The van der Waals surface area contributed by atoms with Crippen LogP contribution in [-0.4, -0.2) is 12.0 Å². The van der Waals surface area contributed by atoms with Crippen molar-refractivity contribution in [1.29, 1.82) is 0 Å². The van der Waals surface area contributed by atoms with Gasteiger partial charge in [-0.15, -0.1) is 0 Å². The van der Waals surface area contributed by atoms with Crippen molar-refractivity contribution < 1.29 is 13.9 Å². The third kappa shape index (κ3) is 3.64. The van der Waals surface area contributed by atoms with Gasteiger partial charge in [-0.1, -0.05) is 31.2 Å². The molecule has 0 radical (unpaired) electrons. The fourth-order valence-corrected chi connectivity index (χ4v) is 2.12. The minimum Gasteiger partial charge on any atom is -0.478 e. The summed E-state index contributed by atoms with van der Waals surface area (Å²) in [6.45, 7) is 5.76. The van der Waals surface area contributed by atoms with Crippen LogP contribution >= 0.6 is 0 Å². The van der Waals surface area contributed by atoms with Gasteiger partial charge in [-0.2, -0.15) is 0 Å². The van der Waals surface area contributed by atoms with Crippen LogP contribution in [-0.2, 0) is 4.79 Å². The van der Waals surface area contributed by atoms with E-state index in [9.17, 15) is 9.18 Å². The molecule has 0 fully saturated rings. The van der Waals surface area contributed by atoms with Crippen molar-refractivity contribution in [2.24, 2.45) is 0 Å². The van der Waals surface area contributed by atoms with Crippen LogP contribution in [0, 0.1) is 19.7 Å². The smallest absolute Gasteiger partial charge is 0.265 e. The van der Waals surface area contributed by atoms with Gasteiger partial charge in [0.2, 0.25) is 0 Å². The number of carbonyl (C=O) groups is 1. The molecule has 1 amide bonds. The van der Waals surface area contributed by atoms with Crippen molar-refractivity contribution in [3.63, 3.8) is 0 Å². The van der Waals surface area contributed by atoms with Crippen molar-refractivity contribution in [1.82, 2.24) is 0 Å². The van der Waals surface area contributed by atoms with E-state index in [4.69, 9.17) is 4.74 Å². The largest absolute Gasteiger partial charge is 0.478 e. The molecule has 0 saturated carbocycles. The van der Waals surface area contributed by atoms with Crippen molar-refractivity contribution in [3.8, 4) is 5.75 Å². The first-order valence-corrected chi connectivity index (χ1v) is 7.31. The molecule has 2 aromatic rings. The number of anilines is 1. The van der Waals surface area contributed by atoms with E-state index in [2.05, 4.69) is 5.32 Å². The van der Waals surface area contributed by atoms with Gasteiger partial charge in [0.25, 0.3) is 5.91 Å². The van der Waals surface area contributed by atoms with Crippen molar-refractivity contribution >= 4 is 11.6 Å². The lowest BCUT2D eigenvalue weighted by Gasteiger charge is -2.18. The zero-order chi connectivity index (χ0) is 16.1.